The maximum atomic E-state index is 12.9. The van der Waals surface area contributed by atoms with Crippen molar-refractivity contribution in [1.29, 1.82) is 0 Å². The van der Waals surface area contributed by atoms with Gasteiger partial charge in [-0.05, 0) is 50.5 Å². The van der Waals surface area contributed by atoms with E-state index in [0.717, 1.165) is 24.8 Å². The summed E-state index contributed by atoms with van der Waals surface area (Å²) in [4.78, 5) is 12.0. The molecule has 8 heteroatoms. The first kappa shape index (κ1) is 21.3. The van der Waals surface area contributed by atoms with E-state index < -0.39 is 10.0 Å². The van der Waals surface area contributed by atoms with Crippen LogP contribution < -0.4 is 5.32 Å². The summed E-state index contributed by atoms with van der Waals surface area (Å²) in [6.07, 6.45) is 6.73. The Morgan fingerprint density at radius 3 is 2.66 bits per heavy atom. The van der Waals surface area contributed by atoms with Gasteiger partial charge in [0.25, 0.3) is 0 Å². The van der Waals surface area contributed by atoms with Gasteiger partial charge in [0.2, 0.25) is 15.9 Å². The van der Waals surface area contributed by atoms with Crippen LogP contribution in [0.15, 0.2) is 33.7 Å². The smallest absolute Gasteiger partial charge is 0.243 e. The van der Waals surface area contributed by atoms with Crippen LogP contribution in [0.4, 0.5) is 5.69 Å². The van der Waals surface area contributed by atoms with Crippen LogP contribution >= 0.6 is 0 Å². The van der Waals surface area contributed by atoms with Crippen LogP contribution in [0.5, 0.6) is 0 Å². The molecule has 0 bridgehead atoms. The first-order valence-electron chi connectivity index (χ1n) is 9.89. The molecule has 0 radical (unpaired) electrons. The Morgan fingerprint density at radius 2 is 2.00 bits per heavy atom. The third-order valence-corrected chi connectivity index (χ3v) is 7.16. The molecule has 1 fully saturated rings. The fraction of sp³-hybridized carbons (Fsp3) is 0.429. The molecule has 29 heavy (non-hydrogen) atoms. The van der Waals surface area contributed by atoms with Crippen LogP contribution in [0.25, 0.3) is 12.2 Å². The maximum Gasteiger partial charge on any atom is 0.243 e. The topological polar surface area (TPSA) is 92.5 Å². The molecule has 1 aromatic heterocycles. The average molecular weight is 418 g/mol. The largest absolute Gasteiger partial charge is 0.354 e. The highest BCUT2D eigenvalue weighted by molar-refractivity contribution is 7.89. The molecular weight excluding hydrogens is 390 g/mol. The molecule has 1 aliphatic rings. The third-order valence-electron chi connectivity index (χ3n) is 5.13. The number of aromatic nitrogens is 1. The molecule has 2 heterocycles. The molecule has 1 aromatic carbocycles. The van der Waals surface area contributed by atoms with Gasteiger partial charge in [0.1, 0.15) is 11.4 Å². The Kier molecular flexibility index (Phi) is 6.54. The number of aryl methyl sites for hydroxylation is 1. The van der Waals surface area contributed by atoms with E-state index in [9.17, 15) is 13.2 Å². The monoisotopic (exact) mass is 417 g/mol. The first-order valence-corrected chi connectivity index (χ1v) is 11.3. The van der Waals surface area contributed by atoms with E-state index in [1.807, 2.05) is 6.92 Å². The number of piperidine rings is 1. The average Bonchev–Trinajstić information content (AvgIpc) is 3.06. The number of hydrogen-bond acceptors (Lipinski definition) is 5. The summed E-state index contributed by atoms with van der Waals surface area (Å²) in [5, 5.41) is 6.68. The van der Waals surface area contributed by atoms with Gasteiger partial charge in [-0.25, -0.2) is 8.42 Å². The molecule has 0 aliphatic carbocycles. The fourth-order valence-electron chi connectivity index (χ4n) is 3.37. The lowest BCUT2D eigenvalue weighted by Gasteiger charge is -2.32. The lowest BCUT2D eigenvalue weighted by Crippen LogP contribution is -2.41. The number of hydrogen-bond donors (Lipinski definition) is 1. The van der Waals surface area contributed by atoms with Crippen LogP contribution in [-0.4, -0.2) is 36.4 Å². The van der Waals surface area contributed by atoms with Crippen LogP contribution in [-0.2, 0) is 14.8 Å². The van der Waals surface area contributed by atoms with Gasteiger partial charge in [0.05, 0.1) is 4.90 Å². The van der Waals surface area contributed by atoms with Gasteiger partial charge in [-0.2, -0.15) is 4.31 Å². The number of rotatable bonds is 6. The van der Waals surface area contributed by atoms with E-state index in [1.165, 1.54) is 0 Å². The third kappa shape index (κ3) is 4.76. The number of sulfonamides is 1. The number of nitrogens with one attached hydrogen (secondary N) is 1. The van der Waals surface area contributed by atoms with Crippen molar-refractivity contribution >= 4 is 33.8 Å². The molecule has 1 saturated heterocycles. The summed E-state index contributed by atoms with van der Waals surface area (Å²) < 4.78 is 32.7. The number of anilines is 1. The van der Waals surface area contributed by atoms with Crippen LogP contribution in [0.3, 0.4) is 0 Å². The van der Waals surface area contributed by atoms with E-state index in [-0.39, 0.29) is 11.9 Å². The molecule has 1 aliphatic heterocycles. The van der Waals surface area contributed by atoms with E-state index in [4.69, 9.17) is 4.52 Å². The van der Waals surface area contributed by atoms with Gasteiger partial charge in [-0.15, -0.1) is 0 Å². The summed E-state index contributed by atoms with van der Waals surface area (Å²) in [6.45, 7) is 6.06. The molecule has 156 valence electrons. The molecule has 1 unspecified atom stereocenters. The molecule has 7 nitrogen and oxygen atoms in total. The van der Waals surface area contributed by atoms with Crippen LogP contribution in [0.1, 0.15) is 56.5 Å². The predicted molar refractivity (Wildman–Crippen MR) is 113 cm³/mol. The summed E-state index contributed by atoms with van der Waals surface area (Å²) in [5.74, 6) is 0.329. The first-order chi connectivity index (χ1) is 13.8. The minimum atomic E-state index is -3.48. The molecule has 3 rings (SSSR count). The zero-order valence-corrected chi connectivity index (χ0v) is 17.8. The van der Waals surface area contributed by atoms with Crippen LogP contribution in [0.2, 0.25) is 0 Å². The number of nitrogens with zero attached hydrogens (tertiary/aromatic N) is 2. The van der Waals surface area contributed by atoms with Gasteiger partial charge in [-0.3, -0.25) is 4.79 Å². The van der Waals surface area contributed by atoms with E-state index in [0.29, 0.717) is 35.0 Å². The highest BCUT2D eigenvalue weighted by Crippen LogP contribution is 2.26. The molecule has 0 spiro atoms. The van der Waals surface area contributed by atoms with E-state index >= 15 is 0 Å². The lowest BCUT2D eigenvalue weighted by molar-refractivity contribution is -0.115. The molecule has 0 saturated carbocycles. The number of benzene rings is 1. The van der Waals surface area contributed by atoms with Crippen molar-refractivity contribution in [2.24, 2.45) is 0 Å². The number of carbonyl (C=O) groups is 1. The summed E-state index contributed by atoms with van der Waals surface area (Å²) in [7, 11) is -3.48. The van der Waals surface area contributed by atoms with Gasteiger partial charge >= 0.3 is 0 Å². The normalized spacial score (nSPS) is 18.2. The van der Waals surface area contributed by atoms with Crippen molar-refractivity contribution in [3.63, 3.8) is 0 Å². The van der Waals surface area contributed by atoms with Crippen LogP contribution in [0, 0.1) is 6.92 Å². The Labute approximate surface area is 171 Å². The van der Waals surface area contributed by atoms with Crippen molar-refractivity contribution in [1.82, 2.24) is 9.46 Å². The zero-order chi connectivity index (χ0) is 21.0. The maximum absolute atomic E-state index is 12.9. The highest BCUT2D eigenvalue weighted by Gasteiger charge is 2.30. The summed E-state index contributed by atoms with van der Waals surface area (Å²) in [6, 6.07) is 6.79. The van der Waals surface area contributed by atoms with E-state index in [1.54, 1.807) is 54.6 Å². The molecule has 1 N–H and O–H groups in total. The Hall–Kier alpha value is -2.45. The minimum absolute atomic E-state index is 0.0276. The standard InChI is InChI=1S/C21H27N3O4S/c1-4-20(25)22-21-16(3)23-28-19(21)13-10-17-8-11-18(12-9-17)29(26,27)24-14-6-5-7-15(24)2/h8-13,15H,4-7,14H2,1-3H3,(H,22,25)/b13-10-. The quantitative estimate of drug-likeness (QED) is 0.765. The van der Waals surface area contributed by atoms with Crippen molar-refractivity contribution in [2.45, 2.75) is 57.4 Å². The molecular formula is C21H27N3O4S. The second-order valence-electron chi connectivity index (χ2n) is 7.27. The fourth-order valence-corrected chi connectivity index (χ4v) is 5.07. The Bertz CT molecular complexity index is 993. The number of amides is 1. The second-order valence-corrected chi connectivity index (χ2v) is 9.16. The lowest BCUT2D eigenvalue weighted by atomic mass is 10.1. The second kappa shape index (κ2) is 8.92. The van der Waals surface area contributed by atoms with Gasteiger partial charge in [0.15, 0.2) is 5.76 Å². The highest BCUT2D eigenvalue weighted by atomic mass is 32.2. The van der Waals surface area contributed by atoms with Gasteiger partial charge in [-0.1, -0.05) is 36.7 Å². The Morgan fingerprint density at radius 1 is 1.28 bits per heavy atom. The number of carbonyl (C=O) groups excluding carboxylic acids is 1. The summed E-state index contributed by atoms with van der Waals surface area (Å²) in [5.41, 5.74) is 1.97. The summed E-state index contributed by atoms with van der Waals surface area (Å²) >= 11 is 0. The molecule has 1 atom stereocenters. The van der Waals surface area contributed by atoms with Gasteiger partial charge < -0.3 is 9.84 Å². The Balaban J connectivity index is 1.77. The van der Waals surface area contributed by atoms with Crippen molar-refractivity contribution < 1.29 is 17.7 Å². The SMILES string of the molecule is CCC(=O)Nc1c(C)noc1/C=C\c1ccc(S(=O)(=O)N2CCCCC2C)cc1. The van der Waals surface area contributed by atoms with Crippen molar-refractivity contribution in [2.75, 3.05) is 11.9 Å². The molecule has 1 amide bonds. The van der Waals surface area contributed by atoms with Crippen molar-refractivity contribution in [3.05, 3.63) is 41.3 Å². The zero-order valence-electron chi connectivity index (χ0n) is 17.0. The minimum Gasteiger partial charge on any atom is -0.354 e. The van der Waals surface area contributed by atoms with Crippen molar-refractivity contribution in [3.8, 4) is 0 Å². The molecule has 2 aromatic rings. The van der Waals surface area contributed by atoms with E-state index in [2.05, 4.69) is 10.5 Å². The van der Waals surface area contributed by atoms with Gasteiger partial charge in [0, 0.05) is 19.0 Å². The predicted octanol–water partition coefficient (Wildman–Crippen LogP) is 4.07.